The van der Waals surface area contributed by atoms with Gasteiger partial charge < -0.3 is 4.57 Å². The van der Waals surface area contributed by atoms with Crippen molar-refractivity contribution in [2.24, 2.45) is 5.92 Å². The van der Waals surface area contributed by atoms with E-state index in [0.29, 0.717) is 0 Å². The van der Waals surface area contributed by atoms with E-state index in [1.807, 2.05) is 12.4 Å². The van der Waals surface area contributed by atoms with Crippen molar-refractivity contribution in [2.45, 2.75) is 42.8 Å². The van der Waals surface area contributed by atoms with Crippen molar-refractivity contribution < 1.29 is 12.8 Å². The van der Waals surface area contributed by atoms with Gasteiger partial charge in [0.25, 0.3) is 0 Å². The number of aromatic nitrogens is 3. The fourth-order valence-corrected chi connectivity index (χ4v) is 7.50. The Morgan fingerprint density at radius 3 is 2.69 bits per heavy atom. The molecule has 0 aliphatic carbocycles. The maximum Gasteiger partial charge on any atom is 0.243 e. The fraction of sp³-hybridized carbons (Fsp3) is 0.292. The minimum Gasteiger partial charge on any atom is -0.347 e. The van der Waals surface area contributed by atoms with Gasteiger partial charge >= 0.3 is 0 Å². The number of hydrogen-bond acceptors (Lipinski definition) is 3. The molecule has 2 aliphatic rings. The quantitative estimate of drug-likeness (QED) is 0.490. The van der Waals surface area contributed by atoms with Crippen LogP contribution in [0.4, 0.5) is 4.39 Å². The Labute approximate surface area is 185 Å². The lowest BCUT2D eigenvalue weighted by Gasteiger charge is -2.24. The molecule has 32 heavy (non-hydrogen) atoms. The van der Waals surface area contributed by atoms with Crippen molar-refractivity contribution in [2.75, 3.05) is 0 Å². The average molecular weight is 451 g/mol. The molecule has 2 saturated heterocycles. The maximum absolute atomic E-state index is 13.3. The summed E-state index contributed by atoms with van der Waals surface area (Å²) >= 11 is 0. The topological polar surface area (TPSA) is 71.0 Å². The predicted molar refractivity (Wildman–Crippen MR) is 120 cm³/mol. The summed E-state index contributed by atoms with van der Waals surface area (Å²) in [5.41, 5.74) is 3.31. The maximum atomic E-state index is 13.3. The minimum absolute atomic E-state index is 0.0160. The molecule has 0 spiro atoms. The van der Waals surface area contributed by atoms with E-state index in [0.717, 1.165) is 47.8 Å². The second-order valence-corrected chi connectivity index (χ2v) is 10.7. The molecule has 0 amide bonds. The van der Waals surface area contributed by atoms with Crippen molar-refractivity contribution in [3.05, 3.63) is 72.9 Å². The third kappa shape index (κ3) is 3.09. The van der Waals surface area contributed by atoms with Gasteiger partial charge in [-0.3, -0.25) is 5.10 Å². The summed E-state index contributed by atoms with van der Waals surface area (Å²) in [4.78, 5) is 0.176. The van der Waals surface area contributed by atoms with Gasteiger partial charge in [0.15, 0.2) is 0 Å². The summed E-state index contributed by atoms with van der Waals surface area (Å²) in [7, 11) is -3.63. The van der Waals surface area contributed by atoms with Crippen LogP contribution in [0, 0.1) is 11.7 Å². The molecule has 2 aliphatic heterocycles. The molecule has 0 radical (unpaired) electrons. The Morgan fingerprint density at radius 1 is 1.06 bits per heavy atom. The van der Waals surface area contributed by atoms with Gasteiger partial charge in [0.05, 0.1) is 11.1 Å². The van der Waals surface area contributed by atoms with Gasteiger partial charge in [-0.15, -0.1) is 0 Å². The molecular formula is C24H23FN4O2S. The lowest BCUT2D eigenvalue weighted by molar-refractivity contribution is 0.329. The number of hydrogen-bond donors (Lipinski definition) is 1. The average Bonchev–Trinajstić information content (AvgIpc) is 3.58. The highest BCUT2D eigenvalue weighted by molar-refractivity contribution is 7.89. The Kier molecular flexibility index (Phi) is 4.48. The third-order valence-corrected chi connectivity index (χ3v) is 9.02. The molecule has 8 heteroatoms. The van der Waals surface area contributed by atoms with Crippen LogP contribution >= 0.6 is 0 Å². The lowest BCUT2D eigenvalue weighted by Crippen LogP contribution is -2.37. The number of halogens is 1. The van der Waals surface area contributed by atoms with Gasteiger partial charge in [-0.05, 0) is 73.2 Å². The standard InChI is InChI=1S/C24H23FN4O2S/c25-20-2-5-22(6-3-20)32(30,31)29-21-4-8-24(29)18(12-21)15-28-10-9-17-11-16(1-7-23(17)28)19-13-26-27-14-19/h1-3,5-7,9-11,13-14,18,21,24H,4,8,12,15H2,(H,26,27). The SMILES string of the molecule is O=S(=O)(c1ccc(F)cc1)N1C2CCC1C(Cn1ccc3cc(-c4cn[nH]c4)ccc31)C2. The van der Waals surface area contributed by atoms with E-state index >= 15 is 0 Å². The normalized spacial score (nSPS) is 23.3. The number of benzene rings is 2. The zero-order valence-corrected chi connectivity index (χ0v) is 18.2. The van der Waals surface area contributed by atoms with Crippen molar-refractivity contribution in [1.82, 2.24) is 19.1 Å². The molecule has 2 aromatic carbocycles. The summed E-state index contributed by atoms with van der Waals surface area (Å²) < 4.78 is 43.9. The molecule has 6 rings (SSSR count). The summed E-state index contributed by atoms with van der Waals surface area (Å²) in [6, 6.07) is 13.7. The van der Waals surface area contributed by atoms with Crippen LogP contribution in [0.2, 0.25) is 0 Å². The summed E-state index contributed by atoms with van der Waals surface area (Å²) in [5, 5.41) is 8.03. The van der Waals surface area contributed by atoms with Gasteiger partial charge in [-0.1, -0.05) is 6.07 Å². The zero-order valence-electron chi connectivity index (χ0n) is 17.4. The molecule has 3 unspecified atom stereocenters. The van der Waals surface area contributed by atoms with Crippen molar-refractivity contribution >= 4 is 20.9 Å². The van der Waals surface area contributed by atoms with Crippen LogP contribution in [0.15, 0.2) is 72.0 Å². The number of fused-ring (bicyclic) bond motifs is 3. The van der Waals surface area contributed by atoms with Gasteiger partial charge in [-0.2, -0.15) is 9.40 Å². The third-order valence-electron chi connectivity index (χ3n) is 7.02. The molecule has 2 fully saturated rings. The number of aromatic amines is 1. The monoisotopic (exact) mass is 450 g/mol. The summed E-state index contributed by atoms with van der Waals surface area (Å²) in [5.74, 6) is -0.172. The van der Waals surface area contributed by atoms with E-state index in [1.165, 1.54) is 24.3 Å². The van der Waals surface area contributed by atoms with Crippen LogP contribution in [-0.2, 0) is 16.6 Å². The first-order chi connectivity index (χ1) is 15.5. The first kappa shape index (κ1) is 19.7. The Hall–Kier alpha value is -2.97. The molecule has 4 aromatic rings. The Bertz CT molecular complexity index is 1380. The molecular weight excluding hydrogens is 427 g/mol. The van der Waals surface area contributed by atoms with E-state index in [-0.39, 0.29) is 22.9 Å². The number of sulfonamides is 1. The highest BCUT2D eigenvalue weighted by atomic mass is 32.2. The van der Waals surface area contributed by atoms with Gasteiger partial charge in [0.1, 0.15) is 5.82 Å². The van der Waals surface area contributed by atoms with Crippen LogP contribution in [-0.4, -0.2) is 39.6 Å². The highest BCUT2D eigenvalue weighted by Crippen LogP contribution is 2.45. The molecule has 3 atom stereocenters. The number of nitrogens with zero attached hydrogens (tertiary/aromatic N) is 3. The van der Waals surface area contributed by atoms with Gasteiger partial charge in [0, 0.05) is 47.5 Å². The van der Waals surface area contributed by atoms with E-state index < -0.39 is 15.8 Å². The molecule has 0 saturated carbocycles. The van der Waals surface area contributed by atoms with E-state index in [4.69, 9.17) is 0 Å². The zero-order chi connectivity index (χ0) is 21.9. The molecule has 2 bridgehead atoms. The number of nitrogens with one attached hydrogen (secondary N) is 1. The molecule has 6 nitrogen and oxygen atoms in total. The van der Waals surface area contributed by atoms with Crippen molar-refractivity contribution in [1.29, 1.82) is 0 Å². The Morgan fingerprint density at radius 2 is 1.91 bits per heavy atom. The molecule has 1 N–H and O–H groups in total. The van der Waals surface area contributed by atoms with Crippen LogP contribution in [0.5, 0.6) is 0 Å². The highest BCUT2D eigenvalue weighted by Gasteiger charge is 2.51. The van der Waals surface area contributed by atoms with Crippen LogP contribution in [0.25, 0.3) is 22.0 Å². The smallest absolute Gasteiger partial charge is 0.243 e. The van der Waals surface area contributed by atoms with E-state index in [2.05, 4.69) is 45.2 Å². The Balaban J connectivity index is 1.26. The molecule has 4 heterocycles. The number of H-pyrrole nitrogens is 1. The van der Waals surface area contributed by atoms with Crippen molar-refractivity contribution in [3.8, 4) is 11.1 Å². The second kappa shape index (κ2) is 7.28. The van der Waals surface area contributed by atoms with Crippen LogP contribution in [0.3, 0.4) is 0 Å². The van der Waals surface area contributed by atoms with Crippen molar-refractivity contribution in [3.63, 3.8) is 0 Å². The summed E-state index contributed by atoms with van der Waals surface area (Å²) in [6.45, 7) is 0.783. The first-order valence-electron chi connectivity index (χ1n) is 10.9. The molecule has 164 valence electrons. The minimum atomic E-state index is -3.63. The largest absolute Gasteiger partial charge is 0.347 e. The van der Waals surface area contributed by atoms with E-state index in [9.17, 15) is 12.8 Å². The summed E-state index contributed by atoms with van der Waals surface area (Å²) in [6.07, 6.45) is 8.40. The van der Waals surface area contributed by atoms with Gasteiger partial charge in [-0.25, -0.2) is 12.8 Å². The lowest BCUT2D eigenvalue weighted by atomic mass is 9.89. The predicted octanol–water partition coefficient (Wildman–Crippen LogP) is 4.41. The van der Waals surface area contributed by atoms with Crippen LogP contribution in [0.1, 0.15) is 19.3 Å². The van der Waals surface area contributed by atoms with Crippen LogP contribution < -0.4 is 0 Å². The molecule has 2 aromatic heterocycles. The first-order valence-corrected chi connectivity index (χ1v) is 12.3. The number of rotatable bonds is 5. The van der Waals surface area contributed by atoms with Gasteiger partial charge in [0.2, 0.25) is 10.0 Å². The fourth-order valence-electron chi connectivity index (χ4n) is 5.56. The second-order valence-electron chi connectivity index (χ2n) is 8.81. The van der Waals surface area contributed by atoms with E-state index in [1.54, 1.807) is 4.31 Å².